The van der Waals surface area contributed by atoms with E-state index in [2.05, 4.69) is 0 Å². The molecule has 0 spiro atoms. The lowest BCUT2D eigenvalue weighted by Gasteiger charge is -2.47. The molecule has 3 unspecified atom stereocenters. The lowest BCUT2D eigenvalue weighted by molar-refractivity contribution is -0.0630. The molecule has 0 aliphatic carbocycles. The van der Waals surface area contributed by atoms with E-state index in [1.165, 1.54) is 25.3 Å². The van der Waals surface area contributed by atoms with Gasteiger partial charge in [-0.25, -0.2) is 22.6 Å². The smallest absolute Gasteiger partial charge is 0.410 e. The molecule has 1 amide bonds. The van der Waals surface area contributed by atoms with Gasteiger partial charge in [0.2, 0.25) is 5.88 Å². The van der Waals surface area contributed by atoms with Crippen molar-refractivity contribution in [3.05, 3.63) is 100 Å². The van der Waals surface area contributed by atoms with Crippen LogP contribution in [0.25, 0.3) is 10.9 Å². The number of nitrogens with zero attached hydrogens (tertiary/aromatic N) is 2. The number of carbonyl (C=O) groups excluding carboxylic acids is 1. The van der Waals surface area contributed by atoms with Gasteiger partial charge in [0.1, 0.15) is 11.4 Å². The van der Waals surface area contributed by atoms with Gasteiger partial charge in [-0.1, -0.05) is 35.9 Å². The van der Waals surface area contributed by atoms with Crippen molar-refractivity contribution < 1.29 is 32.2 Å². The lowest BCUT2D eigenvalue weighted by atomic mass is 9.70. The van der Waals surface area contributed by atoms with E-state index < -0.39 is 39.1 Å². The fourth-order valence-electron chi connectivity index (χ4n) is 6.20. The number of likely N-dealkylation sites (tertiary alicyclic amines) is 1. The maximum atomic E-state index is 13.8. The number of pyridine rings is 1. The number of methoxy groups -OCH3 is 1. The second kappa shape index (κ2) is 12.8. The van der Waals surface area contributed by atoms with Crippen LogP contribution < -0.4 is 4.74 Å². The summed E-state index contributed by atoms with van der Waals surface area (Å²) in [5.41, 5.74) is 0.447. The Morgan fingerprint density at radius 2 is 1.78 bits per heavy atom. The third kappa shape index (κ3) is 7.45. The number of hydrogen-bond acceptors (Lipinski definition) is 7. The Kier molecular flexibility index (Phi) is 9.37. The van der Waals surface area contributed by atoms with Gasteiger partial charge in [-0.2, -0.15) is 0 Å². The molecule has 3 atom stereocenters. The molecule has 1 saturated heterocycles. The van der Waals surface area contributed by atoms with E-state index in [9.17, 15) is 22.7 Å². The van der Waals surface area contributed by atoms with Crippen LogP contribution in [0, 0.1) is 5.82 Å². The first-order chi connectivity index (χ1) is 21.6. The van der Waals surface area contributed by atoms with Crippen molar-refractivity contribution in [2.24, 2.45) is 0 Å². The molecule has 46 heavy (non-hydrogen) atoms. The average Bonchev–Trinajstić information content (AvgIpc) is 2.97. The van der Waals surface area contributed by atoms with Crippen molar-refractivity contribution in [3.8, 4) is 5.88 Å². The Hall–Kier alpha value is -3.73. The highest BCUT2D eigenvalue weighted by atomic mass is 35.5. The van der Waals surface area contributed by atoms with Gasteiger partial charge >= 0.3 is 6.09 Å². The van der Waals surface area contributed by atoms with E-state index in [1.807, 2.05) is 18.2 Å². The van der Waals surface area contributed by atoms with Gasteiger partial charge in [-0.05, 0) is 99.7 Å². The highest BCUT2D eigenvalue weighted by Gasteiger charge is 2.48. The van der Waals surface area contributed by atoms with Crippen LogP contribution in [-0.4, -0.2) is 66.7 Å². The third-order valence-corrected chi connectivity index (χ3v) is 9.64. The number of ether oxygens (including phenoxy) is 2. The van der Waals surface area contributed by atoms with Crippen molar-refractivity contribution in [2.45, 2.75) is 68.1 Å². The van der Waals surface area contributed by atoms with Gasteiger partial charge in [-0.15, -0.1) is 0 Å². The molecule has 1 N–H and O–H groups in total. The number of halogens is 2. The van der Waals surface area contributed by atoms with Crippen molar-refractivity contribution in [3.63, 3.8) is 0 Å². The van der Waals surface area contributed by atoms with Gasteiger partial charge in [-0.3, -0.25) is 0 Å². The van der Waals surface area contributed by atoms with Gasteiger partial charge < -0.3 is 19.5 Å². The highest BCUT2D eigenvalue weighted by molar-refractivity contribution is 7.90. The minimum Gasteiger partial charge on any atom is -0.481 e. The van der Waals surface area contributed by atoms with Gasteiger partial charge in [0, 0.05) is 40.7 Å². The maximum Gasteiger partial charge on any atom is 0.410 e. The topological polar surface area (TPSA) is 106 Å². The number of aromatic nitrogens is 1. The number of carbonyl (C=O) groups is 1. The minimum atomic E-state index is -3.50. The summed E-state index contributed by atoms with van der Waals surface area (Å²) in [7, 11) is -2.00. The highest BCUT2D eigenvalue weighted by Crippen LogP contribution is 2.47. The first-order valence-electron chi connectivity index (χ1n) is 15.0. The molecule has 11 heteroatoms. The van der Waals surface area contributed by atoms with E-state index in [4.69, 9.17) is 26.1 Å². The predicted molar refractivity (Wildman–Crippen MR) is 176 cm³/mol. The Morgan fingerprint density at radius 1 is 1.11 bits per heavy atom. The molecule has 244 valence electrons. The summed E-state index contributed by atoms with van der Waals surface area (Å²) in [6.07, 6.45) is 1.32. The minimum absolute atomic E-state index is 0.140. The number of aliphatic hydroxyl groups is 1. The predicted octanol–water partition coefficient (Wildman–Crippen LogP) is 6.94. The number of rotatable bonds is 7. The fraction of sp³-hybridized carbons (Fsp3) is 0.371. The summed E-state index contributed by atoms with van der Waals surface area (Å²) in [5.74, 6) is -0.807. The summed E-state index contributed by atoms with van der Waals surface area (Å²) in [5, 5.41) is 13.8. The van der Waals surface area contributed by atoms with Crippen LogP contribution in [0.2, 0.25) is 5.02 Å². The van der Waals surface area contributed by atoms with E-state index in [1.54, 1.807) is 62.1 Å². The second-order valence-corrected chi connectivity index (χ2v) is 15.4. The quantitative estimate of drug-likeness (QED) is 0.227. The summed E-state index contributed by atoms with van der Waals surface area (Å²) >= 11 is 6.27. The Balaban J connectivity index is 1.65. The summed E-state index contributed by atoms with van der Waals surface area (Å²) in [6.45, 7) is 5.57. The van der Waals surface area contributed by atoms with Crippen LogP contribution >= 0.6 is 11.6 Å². The number of fused-ring (bicyclic) bond motifs is 1. The zero-order chi connectivity index (χ0) is 33.4. The largest absolute Gasteiger partial charge is 0.481 e. The summed E-state index contributed by atoms with van der Waals surface area (Å²) in [6, 6.07) is 19.2. The zero-order valence-electron chi connectivity index (χ0n) is 26.5. The molecule has 5 rings (SSSR count). The summed E-state index contributed by atoms with van der Waals surface area (Å²) < 4.78 is 50.1. The number of hydrogen-bond donors (Lipinski definition) is 1. The average molecular weight is 669 g/mol. The van der Waals surface area contributed by atoms with Crippen molar-refractivity contribution in [1.29, 1.82) is 0 Å². The molecule has 0 bridgehead atoms. The first-order valence-corrected chi connectivity index (χ1v) is 17.2. The van der Waals surface area contributed by atoms with Crippen LogP contribution in [-0.2, 0) is 21.0 Å². The maximum absolute atomic E-state index is 13.8. The Labute approximate surface area is 274 Å². The zero-order valence-corrected chi connectivity index (χ0v) is 28.0. The Bertz CT molecular complexity index is 1840. The standard InChI is InChI=1S/C35H38ClFN2O6S/c1-34(2,3)45-33(40)39-17-16-35(41,21-27(39)18-22-6-12-26(37)13-7-22)31(23-8-10-25(36)11-9-23)29-20-24-19-28(46(5,42)43)14-15-30(24)38-32(29)44-4/h6-15,19-20,27,31,41H,16-18,21H2,1-5H3. The molecule has 2 heterocycles. The Morgan fingerprint density at radius 3 is 2.39 bits per heavy atom. The van der Waals surface area contributed by atoms with E-state index in [0.29, 0.717) is 27.9 Å². The first kappa shape index (κ1) is 33.6. The van der Waals surface area contributed by atoms with Crippen LogP contribution in [0.1, 0.15) is 56.2 Å². The van der Waals surface area contributed by atoms with Crippen molar-refractivity contribution in [2.75, 3.05) is 19.9 Å². The molecule has 1 aromatic heterocycles. The number of sulfone groups is 1. The van der Waals surface area contributed by atoms with E-state index in [0.717, 1.165) is 17.4 Å². The molecule has 8 nitrogen and oxygen atoms in total. The van der Waals surface area contributed by atoms with Gasteiger partial charge in [0.25, 0.3) is 0 Å². The van der Waals surface area contributed by atoms with E-state index in [-0.39, 0.29) is 36.0 Å². The fourth-order valence-corrected chi connectivity index (χ4v) is 6.99. The van der Waals surface area contributed by atoms with Crippen LogP contribution in [0.3, 0.4) is 0 Å². The monoisotopic (exact) mass is 668 g/mol. The second-order valence-electron chi connectivity index (χ2n) is 12.9. The third-order valence-electron chi connectivity index (χ3n) is 8.28. The molecule has 1 fully saturated rings. The molecule has 0 radical (unpaired) electrons. The van der Waals surface area contributed by atoms with Crippen LogP contribution in [0.5, 0.6) is 5.88 Å². The van der Waals surface area contributed by atoms with E-state index >= 15 is 0 Å². The van der Waals surface area contributed by atoms with Crippen molar-refractivity contribution in [1.82, 2.24) is 9.88 Å². The molecule has 1 aliphatic rings. The molecule has 4 aromatic rings. The molecular weight excluding hydrogens is 631 g/mol. The van der Waals surface area contributed by atoms with Crippen LogP contribution in [0.15, 0.2) is 77.7 Å². The summed E-state index contributed by atoms with van der Waals surface area (Å²) in [4.78, 5) is 19.9. The molecule has 0 saturated carbocycles. The van der Waals surface area contributed by atoms with Crippen LogP contribution in [0.4, 0.5) is 9.18 Å². The number of amides is 1. The lowest BCUT2D eigenvalue weighted by Crippen LogP contribution is -2.56. The molecular formula is C35H38ClFN2O6S. The number of piperidine rings is 1. The van der Waals surface area contributed by atoms with Gasteiger partial charge in [0.05, 0.1) is 23.1 Å². The number of benzene rings is 3. The SMILES string of the molecule is COc1nc2ccc(S(C)(=O)=O)cc2cc1C(c1ccc(Cl)cc1)C1(O)CCN(C(=O)OC(C)(C)C)C(Cc2ccc(F)cc2)C1. The van der Waals surface area contributed by atoms with Gasteiger partial charge in [0.15, 0.2) is 9.84 Å². The normalized spacial score (nSPS) is 19.6. The molecule has 3 aromatic carbocycles. The molecule has 1 aliphatic heterocycles. The van der Waals surface area contributed by atoms with Crippen molar-refractivity contribution >= 4 is 38.4 Å².